The first-order valence-corrected chi connectivity index (χ1v) is 5.51. The third-order valence-electron chi connectivity index (χ3n) is 1.50. The lowest BCUT2D eigenvalue weighted by molar-refractivity contribution is 0.131. The molecule has 0 N–H and O–H groups in total. The van der Waals surface area contributed by atoms with E-state index in [1.807, 2.05) is 39.0 Å². The molecular weight excluding hydrogens is 287 g/mol. The molecule has 0 heterocycles. The van der Waals surface area contributed by atoms with Crippen molar-refractivity contribution in [3.63, 3.8) is 0 Å². The van der Waals surface area contributed by atoms with E-state index in [1.165, 1.54) is 0 Å². The summed E-state index contributed by atoms with van der Waals surface area (Å²) in [7, 11) is 0. The van der Waals surface area contributed by atoms with Crippen molar-refractivity contribution in [3.05, 3.63) is 40.0 Å². The molecule has 0 spiro atoms. The van der Waals surface area contributed by atoms with Gasteiger partial charge < -0.3 is 4.74 Å². The monoisotopic (exact) mass is 301 g/mol. The molecule has 0 aliphatic heterocycles. The Morgan fingerprint density at radius 1 is 1.29 bits per heavy atom. The molecule has 0 aromatic heterocycles. The Kier molecular flexibility index (Phi) is 3.59. The van der Waals surface area contributed by atoms with Crippen LogP contribution < -0.4 is 4.74 Å². The van der Waals surface area contributed by atoms with Gasteiger partial charge in [-0.25, -0.2) is 0 Å². The Labute approximate surface area is 99.3 Å². The van der Waals surface area contributed by atoms with Crippen molar-refractivity contribution in [2.45, 2.75) is 26.4 Å². The molecule has 14 heavy (non-hydrogen) atoms. The molecular formula is C12H14IO. The lowest BCUT2D eigenvalue weighted by Gasteiger charge is -2.21. The Bertz CT molecular complexity index is 337. The first kappa shape index (κ1) is 11.6. The predicted molar refractivity (Wildman–Crippen MR) is 67.5 cm³/mol. The van der Waals surface area contributed by atoms with Crippen LogP contribution in [0, 0.1) is 9.65 Å². The van der Waals surface area contributed by atoms with E-state index in [0.29, 0.717) is 0 Å². The summed E-state index contributed by atoms with van der Waals surface area (Å²) >= 11 is 2.26. The highest BCUT2D eigenvalue weighted by Gasteiger charge is 2.12. The molecule has 0 amide bonds. The van der Waals surface area contributed by atoms with Gasteiger partial charge in [-0.3, -0.25) is 0 Å². The highest BCUT2D eigenvalue weighted by molar-refractivity contribution is 14.1. The smallest absolute Gasteiger partial charge is 0.121 e. The Morgan fingerprint density at radius 2 is 1.93 bits per heavy atom. The molecule has 1 aromatic carbocycles. The second-order valence-electron chi connectivity index (χ2n) is 4.07. The topological polar surface area (TPSA) is 9.23 Å². The minimum Gasteiger partial charge on any atom is -0.488 e. The van der Waals surface area contributed by atoms with Crippen LogP contribution in [-0.4, -0.2) is 5.60 Å². The minimum absolute atomic E-state index is 0.164. The summed E-state index contributed by atoms with van der Waals surface area (Å²) in [6.45, 7) is 9.72. The molecule has 0 fully saturated rings. The summed E-state index contributed by atoms with van der Waals surface area (Å²) in [5.74, 6) is 0.871. The van der Waals surface area contributed by atoms with Crippen molar-refractivity contribution in [1.82, 2.24) is 0 Å². The van der Waals surface area contributed by atoms with E-state index in [-0.39, 0.29) is 5.60 Å². The minimum atomic E-state index is -0.164. The van der Waals surface area contributed by atoms with Gasteiger partial charge in [-0.15, -0.1) is 0 Å². The number of halogens is 1. The molecule has 2 heteroatoms. The van der Waals surface area contributed by atoms with Crippen LogP contribution in [0.2, 0.25) is 0 Å². The van der Waals surface area contributed by atoms with Crippen LogP contribution in [0.5, 0.6) is 5.75 Å². The van der Waals surface area contributed by atoms with Crippen molar-refractivity contribution in [3.8, 4) is 5.75 Å². The number of rotatable bonds is 2. The van der Waals surface area contributed by atoms with E-state index < -0.39 is 0 Å². The molecule has 0 unspecified atom stereocenters. The maximum Gasteiger partial charge on any atom is 0.121 e. The number of ether oxygens (including phenoxy) is 1. The fourth-order valence-electron chi connectivity index (χ4n) is 1.08. The average molecular weight is 301 g/mol. The van der Waals surface area contributed by atoms with Crippen LogP contribution in [0.15, 0.2) is 24.8 Å². The molecule has 1 radical (unpaired) electrons. The number of hydrogen-bond acceptors (Lipinski definition) is 1. The zero-order chi connectivity index (χ0) is 10.8. The lowest BCUT2D eigenvalue weighted by Crippen LogP contribution is -2.23. The lowest BCUT2D eigenvalue weighted by atomic mass is 10.1. The van der Waals surface area contributed by atoms with Gasteiger partial charge in [-0.05, 0) is 73.2 Å². The third kappa shape index (κ3) is 3.70. The Balaban J connectivity index is 2.98. The predicted octanol–water partition coefficient (Wildman–Crippen LogP) is 3.81. The van der Waals surface area contributed by atoms with Crippen molar-refractivity contribution < 1.29 is 4.74 Å². The van der Waals surface area contributed by atoms with Crippen LogP contribution in [0.3, 0.4) is 0 Å². The van der Waals surface area contributed by atoms with Crippen molar-refractivity contribution in [2.24, 2.45) is 0 Å². The second-order valence-corrected chi connectivity index (χ2v) is 5.31. The van der Waals surface area contributed by atoms with Gasteiger partial charge in [0.25, 0.3) is 0 Å². The van der Waals surface area contributed by atoms with Gasteiger partial charge in [0.2, 0.25) is 0 Å². The standard InChI is InChI=1S/C12H14IO/c1-5-9-6-10(13)8-11(7-9)14-12(2,3)4/h6-8H,1H2,2-4H3. The Hall–Kier alpha value is -0.510. The van der Waals surface area contributed by atoms with Crippen LogP contribution in [0.1, 0.15) is 26.3 Å². The van der Waals surface area contributed by atoms with Gasteiger partial charge >= 0.3 is 0 Å². The molecule has 0 bridgehead atoms. The van der Waals surface area contributed by atoms with Gasteiger partial charge in [-0.2, -0.15) is 0 Å². The van der Waals surface area contributed by atoms with Gasteiger partial charge in [-0.1, -0.05) is 6.58 Å². The molecule has 0 atom stereocenters. The highest BCUT2D eigenvalue weighted by Crippen LogP contribution is 2.22. The first-order valence-electron chi connectivity index (χ1n) is 4.43. The average Bonchev–Trinajstić information content (AvgIpc) is 1.99. The zero-order valence-corrected chi connectivity index (χ0v) is 10.9. The summed E-state index contributed by atoms with van der Waals surface area (Å²) in [6.07, 6.45) is 2.86. The van der Waals surface area contributed by atoms with Crippen LogP contribution >= 0.6 is 22.6 Å². The maximum atomic E-state index is 5.75. The number of benzene rings is 1. The highest BCUT2D eigenvalue weighted by atomic mass is 127. The van der Waals surface area contributed by atoms with E-state index >= 15 is 0 Å². The van der Waals surface area contributed by atoms with E-state index in [0.717, 1.165) is 14.9 Å². The molecule has 1 aromatic rings. The fourth-order valence-corrected chi connectivity index (χ4v) is 1.72. The molecule has 0 saturated carbocycles. The van der Waals surface area contributed by atoms with E-state index in [1.54, 1.807) is 0 Å². The first-order chi connectivity index (χ1) is 6.40. The summed E-state index contributed by atoms with van der Waals surface area (Å²) in [5, 5.41) is 0. The molecule has 1 rings (SSSR count). The number of hydrogen-bond donors (Lipinski definition) is 0. The van der Waals surface area contributed by atoms with Crippen molar-refractivity contribution >= 4 is 22.6 Å². The van der Waals surface area contributed by atoms with Crippen LogP contribution in [0.25, 0.3) is 0 Å². The van der Waals surface area contributed by atoms with Crippen molar-refractivity contribution in [1.29, 1.82) is 0 Å². The summed E-state index contributed by atoms with van der Waals surface area (Å²) in [5.41, 5.74) is 0.805. The van der Waals surface area contributed by atoms with Crippen molar-refractivity contribution in [2.75, 3.05) is 0 Å². The Morgan fingerprint density at radius 3 is 2.43 bits per heavy atom. The largest absolute Gasteiger partial charge is 0.488 e. The fraction of sp³-hybridized carbons (Fsp3) is 0.333. The molecule has 1 nitrogen and oxygen atoms in total. The van der Waals surface area contributed by atoms with E-state index in [2.05, 4.69) is 35.2 Å². The summed E-state index contributed by atoms with van der Waals surface area (Å²) < 4.78 is 6.89. The van der Waals surface area contributed by atoms with Gasteiger partial charge in [0.05, 0.1) is 0 Å². The molecule has 0 aliphatic rings. The van der Waals surface area contributed by atoms with Crippen LogP contribution in [-0.2, 0) is 0 Å². The van der Waals surface area contributed by atoms with E-state index in [9.17, 15) is 0 Å². The molecule has 0 aliphatic carbocycles. The maximum absolute atomic E-state index is 5.75. The summed E-state index contributed by atoms with van der Waals surface area (Å²) in [6, 6.07) is 5.97. The quantitative estimate of drug-likeness (QED) is 0.755. The van der Waals surface area contributed by atoms with Gasteiger partial charge in [0, 0.05) is 3.57 Å². The second kappa shape index (κ2) is 4.34. The molecule has 75 valence electrons. The molecule has 0 saturated heterocycles. The normalized spacial score (nSPS) is 11.1. The zero-order valence-electron chi connectivity index (χ0n) is 8.73. The SMILES string of the molecule is C=[C]c1cc(I)cc(OC(C)(C)C)c1. The van der Waals surface area contributed by atoms with Crippen LogP contribution in [0.4, 0.5) is 0 Å². The van der Waals surface area contributed by atoms with Gasteiger partial charge in [0.1, 0.15) is 11.4 Å². The van der Waals surface area contributed by atoms with Gasteiger partial charge in [0.15, 0.2) is 0 Å². The third-order valence-corrected chi connectivity index (χ3v) is 2.12. The summed E-state index contributed by atoms with van der Waals surface area (Å²) in [4.78, 5) is 0. The van der Waals surface area contributed by atoms with E-state index in [4.69, 9.17) is 4.74 Å².